The van der Waals surface area contributed by atoms with Crippen molar-refractivity contribution in [3.8, 4) is 0 Å². The molecule has 1 aliphatic rings. The lowest BCUT2D eigenvalue weighted by atomic mass is 10.2. The quantitative estimate of drug-likeness (QED) is 0.312. The van der Waals surface area contributed by atoms with E-state index in [0.29, 0.717) is 5.56 Å². The number of aromatic amines is 1. The fourth-order valence-electron chi connectivity index (χ4n) is 2.27. The second-order valence-corrected chi connectivity index (χ2v) is 8.40. The van der Waals surface area contributed by atoms with Gasteiger partial charge in [-0.2, -0.15) is 4.31 Å². The highest BCUT2D eigenvalue weighted by Gasteiger charge is 2.43. The summed E-state index contributed by atoms with van der Waals surface area (Å²) in [6.07, 6.45) is -2.10. The highest BCUT2D eigenvalue weighted by Crippen LogP contribution is 2.59. The number of aryl methyl sites for hydroxylation is 1. The zero-order valence-corrected chi connectivity index (χ0v) is 15.3. The van der Waals surface area contributed by atoms with Crippen LogP contribution < -0.4 is 5.69 Å². The lowest BCUT2D eigenvalue weighted by molar-refractivity contribution is -0.0452. The fourth-order valence-corrected chi connectivity index (χ4v) is 4.20. The first kappa shape index (κ1) is 20.6. The van der Waals surface area contributed by atoms with Crippen LogP contribution in [-0.2, 0) is 22.7 Å². The van der Waals surface area contributed by atoms with Crippen LogP contribution in [0.2, 0.25) is 0 Å². The number of phosphoric ester groups is 1. The van der Waals surface area contributed by atoms with Crippen LogP contribution in [0.5, 0.6) is 0 Å². The molecule has 1 aliphatic heterocycles. The normalized spacial score (nSPS) is 26.5. The van der Waals surface area contributed by atoms with Crippen molar-refractivity contribution in [1.29, 1.82) is 0 Å². The van der Waals surface area contributed by atoms with Crippen LogP contribution in [0.1, 0.15) is 18.2 Å². The van der Waals surface area contributed by atoms with E-state index in [1.807, 2.05) is 0 Å². The van der Waals surface area contributed by atoms with Crippen molar-refractivity contribution in [2.24, 2.45) is 0 Å². The van der Waals surface area contributed by atoms with Gasteiger partial charge in [0.05, 0.1) is 6.61 Å². The van der Waals surface area contributed by atoms with Crippen LogP contribution in [0, 0.1) is 11.6 Å². The molecule has 1 unspecified atom stereocenters. The zero-order chi connectivity index (χ0) is 19.0. The van der Waals surface area contributed by atoms with Crippen LogP contribution in [-0.4, -0.2) is 48.2 Å². The molecule has 1 saturated heterocycles. The third kappa shape index (κ3) is 5.38. The molecule has 5 N–H and O–H groups in total. The molecule has 2 rings (SSSR count). The summed E-state index contributed by atoms with van der Waals surface area (Å²) in [5.41, 5.74) is -0.0302. The molecule has 2 heterocycles. The molecule has 1 fully saturated rings. The number of H-pyrrole nitrogens is 1. The third-order valence-electron chi connectivity index (χ3n) is 3.29. The Bertz CT molecular complexity index is 847. The van der Waals surface area contributed by atoms with Gasteiger partial charge in [-0.05, 0) is 6.92 Å². The van der Waals surface area contributed by atoms with Crippen LogP contribution in [0.25, 0.3) is 0 Å². The molecule has 0 spiro atoms. The number of ether oxygens (including phenoxy) is 1. The number of hydrogen-bond acceptors (Lipinski definition) is 8. The maximum Gasteiger partial charge on any atom is 0.481 e. The van der Waals surface area contributed by atoms with Crippen molar-refractivity contribution in [1.82, 2.24) is 9.55 Å². The third-order valence-corrected chi connectivity index (χ3v) is 5.93. The summed E-state index contributed by atoms with van der Waals surface area (Å²) in [7, 11) is -10.4. The monoisotopic (exact) mass is 418 g/mol. The molecule has 4 atom stereocenters. The van der Waals surface area contributed by atoms with E-state index in [9.17, 15) is 23.9 Å². The Kier molecular flexibility index (Phi) is 6.17. The fraction of sp³-hybridized carbons (Fsp3) is 0.600. The van der Waals surface area contributed by atoms with Gasteiger partial charge in [0.1, 0.15) is 23.1 Å². The number of nitrogens with zero attached hydrogens (tertiary/aromatic N) is 1. The van der Waals surface area contributed by atoms with Crippen molar-refractivity contribution < 1.29 is 42.5 Å². The van der Waals surface area contributed by atoms with Crippen molar-refractivity contribution >= 4 is 27.9 Å². The predicted molar refractivity (Wildman–Crippen MR) is 84.1 cm³/mol. The van der Waals surface area contributed by atoms with Crippen LogP contribution in [0.3, 0.4) is 0 Å². The lowest BCUT2D eigenvalue weighted by Crippen LogP contribution is -2.28. The maximum absolute atomic E-state index is 12.0. The smallest absolute Gasteiger partial charge is 0.394 e. The molecule has 12 nitrogen and oxygen atoms in total. The first-order valence-corrected chi connectivity index (χ1v) is 10.2. The van der Waals surface area contributed by atoms with E-state index in [1.165, 1.54) is 6.20 Å². The Hall–Kier alpha value is -0.720. The Morgan fingerprint density at radius 2 is 2.08 bits per heavy atom. The zero-order valence-electron chi connectivity index (χ0n) is 12.7. The average Bonchev–Trinajstić information content (AvgIpc) is 2.81. The van der Waals surface area contributed by atoms with Crippen molar-refractivity contribution in [3.63, 3.8) is 0 Å². The Morgan fingerprint density at radius 1 is 1.44 bits per heavy atom. The van der Waals surface area contributed by atoms with Gasteiger partial charge in [0, 0.05) is 18.2 Å². The number of hydrogen-bond donors (Lipinski definition) is 5. The molecule has 0 bridgehead atoms. The van der Waals surface area contributed by atoms with Crippen molar-refractivity contribution in [3.05, 3.63) is 26.9 Å². The highest BCUT2D eigenvalue weighted by atomic mass is 32.1. The lowest BCUT2D eigenvalue weighted by Gasteiger charge is -2.19. The number of phosphoric acid groups is 2. The molecule has 0 aromatic carbocycles. The van der Waals surface area contributed by atoms with Gasteiger partial charge in [-0.15, -0.1) is 0 Å². The molecule has 1 aromatic rings. The van der Waals surface area contributed by atoms with Gasteiger partial charge in [0.25, 0.3) is 0 Å². The largest absolute Gasteiger partial charge is 0.481 e. The summed E-state index contributed by atoms with van der Waals surface area (Å²) in [6, 6.07) is 0. The number of rotatable bonds is 6. The average molecular weight is 418 g/mol. The summed E-state index contributed by atoms with van der Waals surface area (Å²) >= 11 is 4.93. The standard InChI is InChI=1S/C10H16N2O10P2S/c1-5-3-12(10(14)11-9(5)25)8-2-6(7(4-13)20-8)21-24(18,19)22-23(15,16)17/h3,6-8,13H,2,4H2,1H3,(H,18,19)(H,11,14,25)(H2,15,16,17)/t6-,7+,8+/m0/s1. The van der Waals surface area contributed by atoms with Gasteiger partial charge in [-0.3, -0.25) is 14.1 Å². The summed E-state index contributed by atoms with van der Waals surface area (Å²) in [4.78, 5) is 41.0. The second-order valence-electron chi connectivity index (χ2n) is 5.21. The molecule has 1 aromatic heterocycles. The van der Waals surface area contributed by atoms with Gasteiger partial charge in [0.15, 0.2) is 0 Å². The van der Waals surface area contributed by atoms with E-state index in [2.05, 4.69) is 13.8 Å². The van der Waals surface area contributed by atoms with E-state index in [1.54, 1.807) is 6.92 Å². The molecule has 15 heteroatoms. The van der Waals surface area contributed by atoms with E-state index >= 15 is 0 Å². The minimum atomic E-state index is -5.28. The van der Waals surface area contributed by atoms with E-state index in [4.69, 9.17) is 26.7 Å². The molecular weight excluding hydrogens is 402 g/mol. The molecular formula is C10H16N2O10P2S. The van der Waals surface area contributed by atoms with Crippen molar-refractivity contribution in [2.75, 3.05) is 6.61 Å². The summed E-state index contributed by atoms with van der Waals surface area (Å²) in [6.45, 7) is 1.02. The second kappa shape index (κ2) is 7.49. The van der Waals surface area contributed by atoms with Crippen molar-refractivity contribution in [2.45, 2.75) is 31.8 Å². The van der Waals surface area contributed by atoms with Gasteiger partial charge >= 0.3 is 21.3 Å². The summed E-state index contributed by atoms with van der Waals surface area (Å²) < 4.78 is 37.5. The number of nitrogens with one attached hydrogen (secondary N) is 1. The predicted octanol–water partition coefficient (Wildman–Crippen LogP) is 0.0890. The maximum atomic E-state index is 12.0. The molecule has 0 radical (unpaired) electrons. The highest BCUT2D eigenvalue weighted by molar-refractivity contribution is 7.71. The SMILES string of the molecule is Cc1cn([C@H]2C[C@H](OP(=O)(O)OP(=O)(O)O)[C@@H](CO)O2)c(=O)[nH]c1=S. The molecule has 142 valence electrons. The van der Waals surface area contributed by atoms with E-state index in [0.717, 1.165) is 4.57 Å². The minimum Gasteiger partial charge on any atom is -0.394 e. The van der Waals surface area contributed by atoms with Gasteiger partial charge in [0.2, 0.25) is 0 Å². The topological polar surface area (TPSA) is 181 Å². The number of aliphatic hydroxyl groups excluding tert-OH is 1. The summed E-state index contributed by atoms with van der Waals surface area (Å²) in [5.74, 6) is 0. The minimum absolute atomic E-state index is 0.162. The Labute approximate surface area is 145 Å². The van der Waals surface area contributed by atoms with Gasteiger partial charge in [-0.25, -0.2) is 13.9 Å². The number of aromatic nitrogens is 2. The molecule has 0 amide bonds. The first-order chi connectivity index (χ1) is 11.4. The Balaban J connectivity index is 2.22. The molecule has 0 aliphatic carbocycles. The van der Waals surface area contributed by atoms with Crippen LogP contribution in [0.15, 0.2) is 11.0 Å². The summed E-state index contributed by atoms with van der Waals surface area (Å²) in [5, 5.41) is 9.32. The van der Waals surface area contributed by atoms with Crippen LogP contribution in [0.4, 0.5) is 0 Å². The van der Waals surface area contributed by atoms with Gasteiger partial charge < -0.3 is 24.5 Å². The van der Waals surface area contributed by atoms with Gasteiger partial charge in [-0.1, -0.05) is 12.2 Å². The van der Waals surface area contributed by atoms with E-state index < -0.39 is 46.4 Å². The molecule has 0 saturated carbocycles. The van der Waals surface area contributed by atoms with Crippen LogP contribution >= 0.6 is 27.9 Å². The first-order valence-electron chi connectivity index (χ1n) is 6.78. The molecule has 25 heavy (non-hydrogen) atoms. The Morgan fingerprint density at radius 3 is 2.64 bits per heavy atom. The number of aliphatic hydroxyl groups is 1. The van der Waals surface area contributed by atoms with E-state index in [-0.39, 0.29) is 11.1 Å².